The van der Waals surface area contributed by atoms with Gasteiger partial charge in [-0.25, -0.2) is 16.3 Å². The molecule has 0 bridgehead atoms. The third-order valence-electron chi connectivity index (χ3n) is 4.09. The van der Waals surface area contributed by atoms with E-state index in [2.05, 4.69) is 37.3 Å². The van der Waals surface area contributed by atoms with Crippen LogP contribution in [0.4, 0.5) is 0 Å². The number of hydrogen-bond donors (Lipinski definition) is 3. The first-order valence-corrected chi connectivity index (χ1v) is 9.28. The molecule has 136 valence electrons. The molecule has 3 rings (SSSR count). The van der Waals surface area contributed by atoms with Crippen molar-refractivity contribution in [3.63, 3.8) is 0 Å². The zero-order valence-electron chi connectivity index (χ0n) is 14.4. The number of hydrazine groups is 1. The van der Waals surface area contributed by atoms with Crippen LogP contribution in [0.2, 0.25) is 0 Å². The third-order valence-corrected chi connectivity index (χ3v) is 4.62. The van der Waals surface area contributed by atoms with Crippen molar-refractivity contribution in [2.45, 2.75) is 25.4 Å². The van der Waals surface area contributed by atoms with Gasteiger partial charge < -0.3 is 4.74 Å². The van der Waals surface area contributed by atoms with Crippen LogP contribution < -0.4 is 21.0 Å². The lowest BCUT2D eigenvalue weighted by Crippen LogP contribution is -2.41. The van der Waals surface area contributed by atoms with Crippen LogP contribution >= 0.6 is 15.9 Å². The molecule has 1 aliphatic heterocycles. The SMILES string of the molecule is CCOc1ccccc1/C=N/NC(=O)C1CC(c2ccc(Br)cc2)NN1. The summed E-state index contributed by atoms with van der Waals surface area (Å²) in [6.45, 7) is 2.50. The molecule has 2 unspecified atom stereocenters. The predicted octanol–water partition coefficient (Wildman–Crippen LogP) is 2.91. The second-order valence-corrected chi connectivity index (χ2v) is 6.80. The van der Waals surface area contributed by atoms with Gasteiger partial charge in [-0.15, -0.1) is 0 Å². The molecule has 1 aliphatic rings. The Bertz CT molecular complexity index is 779. The van der Waals surface area contributed by atoms with Crippen LogP contribution in [-0.2, 0) is 4.79 Å². The predicted molar refractivity (Wildman–Crippen MR) is 105 cm³/mol. The van der Waals surface area contributed by atoms with Crippen molar-refractivity contribution >= 4 is 28.1 Å². The van der Waals surface area contributed by atoms with E-state index in [1.165, 1.54) is 0 Å². The van der Waals surface area contributed by atoms with E-state index in [1.54, 1.807) is 6.21 Å². The molecule has 0 spiro atoms. The molecule has 1 heterocycles. The standard InChI is InChI=1S/C19H21BrN4O2/c1-2-26-18-6-4-3-5-14(18)12-21-24-19(25)17-11-16(22-23-17)13-7-9-15(20)10-8-13/h3-10,12,16-17,22-23H,2,11H2,1H3,(H,24,25)/b21-12+. The average molecular weight is 417 g/mol. The Hall–Kier alpha value is -2.22. The number of nitrogens with one attached hydrogen (secondary N) is 3. The Morgan fingerprint density at radius 3 is 2.81 bits per heavy atom. The van der Waals surface area contributed by atoms with Crippen LogP contribution in [-0.4, -0.2) is 24.8 Å². The molecule has 7 heteroatoms. The van der Waals surface area contributed by atoms with Crippen molar-refractivity contribution in [2.75, 3.05) is 6.61 Å². The fourth-order valence-electron chi connectivity index (χ4n) is 2.76. The number of rotatable bonds is 6. The highest BCUT2D eigenvalue weighted by atomic mass is 79.9. The lowest BCUT2D eigenvalue weighted by Gasteiger charge is -2.09. The summed E-state index contributed by atoms with van der Waals surface area (Å²) in [4.78, 5) is 12.3. The quantitative estimate of drug-likeness (QED) is 0.499. The zero-order valence-corrected chi connectivity index (χ0v) is 16.0. The summed E-state index contributed by atoms with van der Waals surface area (Å²) >= 11 is 3.43. The van der Waals surface area contributed by atoms with Crippen molar-refractivity contribution in [1.82, 2.24) is 16.3 Å². The summed E-state index contributed by atoms with van der Waals surface area (Å²) < 4.78 is 6.57. The van der Waals surface area contributed by atoms with Crippen LogP contribution in [0.5, 0.6) is 5.75 Å². The van der Waals surface area contributed by atoms with Crippen molar-refractivity contribution in [3.8, 4) is 5.75 Å². The lowest BCUT2D eigenvalue weighted by atomic mass is 10.0. The molecule has 6 nitrogen and oxygen atoms in total. The molecule has 0 radical (unpaired) electrons. The summed E-state index contributed by atoms with van der Waals surface area (Å²) in [6, 6.07) is 15.4. The van der Waals surface area contributed by atoms with E-state index in [1.807, 2.05) is 55.5 Å². The van der Waals surface area contributed by atoms with Gasteiger partial charge >= 0.3 is 0 Å². The molecule has 1 saturated heterocycles. The number of para-hydroxylation sites is 1. The van der Waals surface area contributed by atoms with Gasteiger partial charge in [-0.1, -0.05) is 40.2 Å². The minimum atomic E-state index is -0.345. The Morgan fingerprint density at radius 1 is 1.27 bits per heavy atom. The van der Waals surface area contributed by atoms with Gasteiger partial charge in [-0.2, -0.15) is 5.10 Å². The van der Waals surface area contributed by atoms with Gasteiger partial charge in [0.1, 0.15) is 11.8 Å². The molecule has 0 aliphatic carbocycles. The summed E-state index contributed by atoms with van der Waals surface area (Å²) in [7, 11) is 0. The first-order chi connectivity index (χ1) is 12.7. The molecule has 1 fully saturated rings. The number of carbonyl (C=O) groups excluding carboxylic acids is 1. The highest BCUT2D eigenvalue weighted by molar-refractivity contribution is 9.10. The summed E-state index contributed by atoms with van der Waals surface area (Å²) in [5.41, 5.74) is 10.7. The molecule has 2 atom stereocenters. The Balaban J connectivity index is 1.55. The number of halogens is 1. The van der Waals surface area contributed by atoms with Gasteiger partial charge in [0.05, 0.1) is 12.8 Å². The minimum Gasteiger partial charge on any atom is -0.493 e. The average Bonchev–Trinajstić information content (AvgIpc) is 3.14. The molecule has 2 aromatic carbocycles. The number of nitrogens with zero attached hydrogens (tertiary/aromatic N) is 1. The fourth-order valence-corrected chi connectivity index (χ4v) is 3.02. The maximum Gasteiger partial charge on any atom is 0.258 e. The molecule has 1 amide bonds. The molecule has 3 N–H and O–H groups in total. The van der Waals surface area contributed by atoms with Crippen molar-refractivity contribution in [2.24, 2.45) is 5.10 Å². The first kappa shape index (κ1) is 18.6. The van der Waals surface area contributed by atoms with E-state index in [0.29, 0.717) is 13.0 Å². The number of hydrazone groups is 1. The molecule has 0 aromatic heterocycles. The normalized spacial score (nSPS) is 19.6. The molecule has 2 aromatic rings. The summed E-state index contributed by atoms with van der Waals surface area (Å²) in [5, 5.41) is 4.06. The fraction of sp³-hybridized carbons (Fsp3) is 0.263. The highest BCUT2D eigenvalue weighted by Gasteiger charge is 2.29. The van der Waals surface area contributed by atoms with E-state index in [4.69, 9.17) is 4.74 Å². The highest BCUT2D eigenvalue weighted by Crippen LogP contribution is 2.23. The Kier molecular flexibility index (Phi) is 6.38. The largest absolute Gasteiger partial charge is 0.493 e. The van der Waals surface area contributed by atoms with Crippen LogP contribution in [0.1, 0.15) is 30.5 Å². The van der Waals surface area contributed by atoms with Crippen molar-refractivity contribution < 1.29 is 9.53 Å². The van der Waals surface area contributed by atoms with E-state index >= 15 is 0 Å². The van der Waals surface area contributed by atoms with Gasteiger partial charge in [0.2, 0.25) is 0 Å². The molecule has 0 saturated carbocycles. The number of hydrogen-bond acceptors (Lipinski definition) is 5. The summed E-state index contributed by atoms with van der Waals surface area (Å²) in [5.74, 6) is 0.561. The smallest absolute Gasteiger partial charge is 0.258 e. The van der Waals surface area contributed by atoms with Gasteiger partial charge in [-0.05, 0) is 43.2 Å². The van der Waals surface area contributed by atoms with Crippen LogP contribution in [0.3, 0.4) is 0 Å². The maximum atomic E-state index is 12.3. The minimum absolute atomic E-state index is 0.0847. The summed E-state index contributed by atoms with van der Waals surface area (Å²) in [6.07, 6.45) is 2.25. The number of amides is 1. The van der Waals surface area contributed by atoms with Crippen LogP contribution in [0, 0.1) is 0 Å². The number of carbonyl (C=O) groups is 1. The van der Waals surface area contributed by atoms with Crippen LogP contribution in [0.25, 0.3) is 0 Å². The monoisotopic (exact) mass is 416 g/mol. The van der Waals surface area contributed by atoms with Gasteiger partial charge in [0, 0.05) is 16.1 Å². The first-order valence-electron chi connectivity index (χ1n) is 8.48. The van der Waals surface area contributed by atoms with Gasteiger partial charge in [-0.3, -0.25) is 4.79 Å². The van der Waals surface area contributed by atoms with Crippen molar-refractivity contribution in [3.05, 3.63) is 64.1 Å². The van der Waals surface area contributed by atoms with Gasteiger partial charge in [0.25, 0.3) is 5.91 Å². The van der Waals surface area contributed by atoms with E-state index in [0.717, 1.165) is 21.3 Å². The molecular formula is C19H21BrN4O2. The second kappa shape index (κ2) is 8.93. The molecule has 26 heavy (non-hydrogen) atoms. The topological polar surface area (TPSA) is 74.8 Å². The number of ether oxygens (including phenoxy) is 1. The third kappa shape index (κ3) is 4.69. The maximum absolute atomic E-state index is 12.3. The zero-order chi connectivity index (χ0) is 18.4. The molecular weight excluding hydrogens is 396 g/mol. The Morgan fingerprint density at radius 2 is 2.04 bits per heavy atom. The van der Waals surface area contributed by atoms with E-state index < -0.39 is 0 Å². The van der Waals surface area contributed by atoms with E-state index in [9.17, 15) is 4.79 Å². The lowest BCUT2D eigenvalue weighted by molar-refractivity contribution is -0.122. The van der Waals surface area contributed by atoms with E-state index in [-0.39, 0.29) is 18.0 Å². The van der Waals surface area contributed by atoms with Crippen LogP contribution in [0.15, 0.2) is 58.1 Å². The second-order valence-electron chi connectivity index (χ2n) is 5.89. The Labute approximate surface area is 161 Å². The van der Waals surface area contributed by atoms with Gasteiger partial charge in [0.15, 0.2) is 0 Å². The van der Waals surface area contributed by atoms with Crippen molar-refractivity contribution in [1.29, 1.82) is 0 Å². The number of benzene rings is 2.